The van der Waals surface area contributed by atoms with E-state index in [2.05, 4.69) is 5.32 Å². The number of carbonyl (C=O) groups is 1. The number of aliphatic carboxylic acids is 1. The Morgan fingerprint density at radius 3 is 2.71 bits per heavy atom. The lowest BCUT2D eigenvalue weighted by atomic mass is 10.1. The number of hydrogen-bond donors (Lipinski definition) is 2. The molecule has 0 saturated carbocycles. The molecule has 0 spiro atoms. The minimum absolute atomic E-state index is 0.366. The van der Waals surface area contributed by atoms with Crippen LogP contribution in [0.3, 0.4) is 0 Å². The fourth-order valence-electron chi connectivity index (χ4n) is 1.12. The summed E-state index contributed by atoms with van der Waals surface area (Å²) in [6.45, 7) is 4.14. The summed E-state index contributed by atoms with van der Waals surface area (Å²) in [5, 5.41) is 11.8. The van der Waals surface area contributed by atoms with Gasteiger partial charge in [-0.25, -0.2) is 0 Å². The van der Waals surface area contributed by atoms with Crippen molar-refractivity contribution in [1.29, 1.82) is 0 Å². The van der Waals surface area contributed by atoms with Crippen molar-refractivity contribution in [2.75, 3.05) is 11.9 Å². The second kappa shape index (κ2) is 4.65. The Labute approximate surface area is 83.8 Å². The molecule has 0 aliphatic carbocycles. The summed E-state index contributed by atoms with van der Waals surface area (Å²) in [7, 11) is 0. The lowest BCUT2D eigenvalue weighted by molar-refractivity contribution is -0.140. The minimum Gasteiger partial charge on any atom is -0.481 e. The summed E-state index contributed by atoms with van der Waals surface area (Å²) >= 11 is 0. The van der Waals surface area contributed by atoms with Crippen LogP contribution in [0.15, 0.2) is 24.3 Å². The average molecular weight is 193 g/mol. The first-order valence-corrected chi connectivity index (χ1v) is 4.63. The number of nitrogens with one attached hydrogen (secondary N) is 1. The van der Waals surface area contributed by atoms with Gasteiger partial charge in [0.15, 0.2) is 0 Å². The number of hydrogen-bond acceptors (Lipinski definition) is 2. The van der Waals surface area contributed by atoms with E-state index in [1.54, 1.807) is 6.92 Å². The second-order valence-corrected chi connectivity index (χ2v) is 3.44. The van der Waals surface area contributed by atoms with Crippen LogP contribution < -0.4 is 5.32 Å². The molecule has 0 aliphatic rings. The van der Waals surface area contributed by atoms with Crippen LogP contribution in [0, 0.1) is 12.8 Å². The van der Waals surface area contributed by atoms with E-state index < -0.39 is 5.97 Å². The number of aryl methyl sites for hydroxylation is 1. The molecule has 14 heavy (non-hydrogen) atoms. The minimum atomic E-state index is -0.772. The SMILES string of the molecule is Cc1ccccc1NCC(C)C(=O)O. The summed E-state index contributed by atoms with van der Waals surface area (Å²) in [6.07, 6.45) is 0. The fourth-order valence-corrected chi connectivity index (χ4v) is 1.12. The van der Waals surface area contributed by atoms with Gasteiger partial charge < -0.3 is 10.4 Å². The molecule has 3 nitrogen and oxygen atoms in total. The highest BCUT2D eigenvalue weighted by molar-refractivity contribution is 5.70. The van der Waals surface area contributed by atoms with E-state index in [0.29, 0.717) is 6.54 Å². The Hall–Kier alpha value is -1.51. The number of benzene rings is 1. The number of carboxylic acids is 1. The molecule has 1 aromatic rings. The topological polar surface area (TPSA) is 49.3 Å². The molecule has 0 saturated heterocycles. The first kappa shape index (κ1) is 10.6. The molecule has 0 amide bonds. The molecule has 0 radical (unpaired) electrons. The van der Waals surface area contributed by atoms with Crippen molar-refractivity contribution in [2.24, 2.45) is 5.92 Å². The van der Waals surface area contributed by atoms with Crippen molar-refractivity contribution >= 4 is 11.7 Å². The van der Waals surface area contributed by atoms with Crippen LogP contribution in [0.2, 0.25) is 0 Å². The maximum absolute atomic E-state index is 10.6. The van der Waals surface area contributed by atoms with Gasteiger partial charge in [0.05, 0.1) is 5.92 Å². The molecule has 0 bridgehead atoms. The lowest BCUT2D eigenvalue weighted by Crippen LogP contribution is -2.19. The third kappa shape index (κ3) is 2.76. The number of carboxylic acid groups (broad SMARTS) is 1. The fraction of sp³-hybridized carbons (Fsp3) is 0.364. The third-order valence-electron chi connectivity index (χ3n) is 2.17. The Kier molecular flexibility index (Phi) is 3.51. The monoisotopic (exact) mass is 193 g/mol. The van der Waals surface area contributed by atoms with E-state index in [0.717, 1.165) is 11.3 Å². The van der Waals surface area contributed by atoms with Crippen LogP contribution in [-0.4, -0.2) is 17.6 Å². The van der Waals surface area contributed by atoms with Gasteiger partial charge in [-0.3, -0.25) is 4.79 Å². The molecular formula is C11H15NO2. The standard InChI is InChI=1S/C11H15NO2/c1-8-5-3-4-6-10(8)12-7-9(2)11(13)14/h3-6,9,12H,7H2,1-2H3,(H,13,14). The quantitative estimate of drug-likeness (QED) is 0.770. The Bertz CT molecular complexity index is 323. The number of anilines is 1. The van der Waals surface area contributed by atoms with Crippen LogP contribution in [-0.2, 0) is 4.79 Å². The van der Waals surface area contributed by atoms with Crippen molar-refractivity contribution < 1.29 is 9.90 Å². The van der Waals surface area contributed by atoms with Gasteiger partial charge in [0.2, 0.25) is 0 Å². The maximum atomic E-state index is 10.6. The van der Waals surface area contributed by atoms with Crippen molar-refractivity contribution in [1.82, 2.24) is 0 Å². The van der Waals surface area contributed by atoms with Crippen molar-refractivity contribution in [2.45, 2.75) is 13.8 Å². The predicted octanol–water partition coefficient (Wildman–Crippen LogP) is 2.13. The highest BCUT2D eigenvalue weighted by Crippen LogP contribution is 2.13. The van der Waals surface area contributed by atoms with Gasteiger partial charge in [-0.05, 0) is 18.6 Å². The molecule has 0 fully saturated rings. The van der Waals surface area contributed by atoms with E-state index in [-0.39, 0.29) is 5.92 Å². The Morgan fingerprint density at radius 2 is 2.14 bits per heavy atom. The molecule has 1 aromatic carbocycles. The van der Waals surface area contributed by atoms with Gasteiger partial charge in [-0.2, -0.15) is 0 Å². The van der Waals surface area contributed by atoms with Gasteiger partial charge in [0, 0.05) is 12.2 Å². The summed E-state index contributed by atoms with van der Waals surface area (Å²) in [5.41, 5.74) is 2.13. The van der Waals surface area contributed by atoms with Gasteiger partial charge in [-0.15, -0.1) is 0 Å². The highest BCUT2D eigenvalue weighted by atomic mass is 16.4. The predicted molar refractivity (Wildman–Crippen MR) is 56.5 cm³/mol. The number of rotatable bonds is 4. The molecule has 0 heterocycles. The van der Waals surface area contributed by atoms with E-state index in [1.165, 1.54) is 0 Å². The lowest BCUT2D eigenvalue weighted by Gasteiger charge is -2.11. The van der Waals surface area contributed by atoms with Gasteiger partial charge in [0.25, 0.3) is 0 Å². The summed E-state index contributed by atoms with van der Waals surface area (Å²) in [4.78, 5) is 10.6. The van der Waals surface area contributed by atoms with Crippen LogP contribution in [0.1, 0.15) is 12.5 Å². The summed E-state index contributed by atoms with van der Waals surface area (Å²) in [5.74, 6) is -1.14. The average Bonchev–Trinajstić information content (AvgIpc) is 2.16. The zero-order valence-electron chi connectivity index (χ0n) is 8.45. The molecule has 2 N–H and O–H groups in total. The Balaban J connectivity index is 2.54. The zero-order chi connectivity index (χ0) is 10.6. The first-order chi connectivity index (χ1) is 6.61. The largest absolute Gasteiger partial charge is 0.481 e. The molecule has 0 aliphatic heterocycles. The van der Waals surface area contributed by atoms with E-state index in [9.17, 15) is 4.79 Å². The molecule has 1 rings (SSSR count). The maximum Gasteiger partial charge on any atom is 0.308 e. The zero-order valence-corrected chi connectivity index (χ0v) is 8.45. The van der Waals surface area contributed by atoms with E-state index in [4.69, 9.17) is 5.11 Å². The van der Waals surface area contributed by atoms with Gasteiger partial charge in [0.1, 0.15) is 0 Å². The van der Waals surface area contributed by atoms with Crippen molar-refractivity contribution in [3.8, 4) is 0 Å². The highest BCUT2D eigenvalue weighted by Gasteiger charge is 2.10. The smallest absolute Gasteiger partial charge is 0.308 e. The van der Waals surface area contributed by atoms with Crippen LogP contribution >= 0.6 is 0 Å². The molecule has 1 atom stereocenters. The van der Waals surface area contributed by atoms with Crippen LogP contribution in [0.5, 0.6) is 0 Å². The molecule has 1 unspecified atom stereocenters. The summed E-state index contributed by atoms with van der Waals surface area (Å²) < 4.78 is 0. The second-order valence-electron chi connectivity index (χ2n) is 3.44. The van der Waals surface area contributed by atoms with Gasteiger partial charge >= 0.3 is 5.97 Å². The van der Waals surface area contributed by atoms with E-state index in [1.807, 2.05) is 31.2 Å². The number of para-hydroxylation sites is 1. The normalized spacial score (nSPS) is 12.1. The van der Waals surface area contributed by atoms with Gasteiger partial charge in [-0.1, -0.05) is 25.1 Å². The van der Waals surface area contributed by atoms with E-state index >= 15 is 0 Å². The van der Waals surface area contributed by atoms with Crippen LogP contribution in [0.25, 0.3) is 0 Å². The first-order valence-electron chi connectivity index (χ1n) is 4.63. The molecule has 3 heteroatoms. The summed E-state index contributed by atoms with van der Waals surface area (Å²) in [6, 6.07) is 7.83. The molecule has 76 valence electrons. The molecule has 0 aromatic heterocycles. The van der Waals surface area contributed by atoms with Crippen molar-refractivity contribution in [3.63, 3.8) is 0 Å². The third-order valence-corrected chi connectivity index (χ3v) is 2.17. The van der Waals surface area contributed by atoms with Crippen LogP contribution in [0.4, 0.5) is 5.69 Å². The molecular weight excluding hydrogens is 178 g/mol. The Morgan fingerprint density at radius 1 is 1.50 bits per heavy atom. The van der Waals surface area contributed by atoms with Crippen molar-refractivity contribution in [3.05, 3.63) is 29.8 Å².